The Kier molecular flexibility index (Phi) is 5.50. The van der Waals surface area contributed by atoms with E-state index in [0.717, 1.165) is 22.5 Å². The molecule has 0 aliphatic carbocycles. The van der Waals surface area contributed by atoms with Crippen LogP contribution in [0.3, 0.4) is 0 Å². The Morgan fingerprint density at radius 3 is 2.41 bits per heavy atom. The first-order valence-corrected chi connectivity index (χ1v) is 9.32. The number of carbonyl (C=O) groups is 2. The number of aromatic nitrogens is 3. The van der Waals surface area contributed by atoms with Crippen molar-refractivity contribution in [3.8, 4) is 5.69 Å². The molecule has 29 heavy (non-hydrogen) atoms. The second-order valence-corrected chi connectivity index (χ2v) is 7.33. The molecule has 0 bridgehead atoms. The molecule has 0 saturated heterocycles. The molecule has 7 heteroatoms. The van der Waals surface area contributed by atoms with E-state index in [-0.39, 0.29) is 11.8 Å². The highest BCUT2D eigenvalue weighted by Crippen LogP contribution is 2.22. The fourth-order valence-corrected chi connectivity index (χ4v) is 3.06. The summed E-state index contributed by atoms with van der Waals surface area (Å²) in [6, 6.07) is 9.36. The van der Waals surface area contributed by atoms with E-state index in [2.05, 4.69) is 33.6 Å². The van der Waals surface area contributed by atoms with Crippen molar-refractivity contribution >= 4 is 17.5 Å². The van der Waals surface area contributed by atoms with E-state index in [1.165, 1.54) is 4.90 Å². The Bertz CT molecular complexity index is 1100. The molecular formula is C22H25N5O2. The molecule has 1 N–H and O–H groups in total. The average molecular weight is 391 g/mol. The predicted octanol–water partition coefficient (Wildman–Crippen LogP) is 3.46. The standard InChI is InChI=1S/C22H25N5O2/c1-13-7-8-14(2)20(11-13)27-16(4)19(12-23-27)25-21(28)17-9-10-18(24-15(17)3)22(29)26(5)6/h7-12H,1-6H3,(H,25,28). The summed E-state index contributed by atoms with van der Waals surface area (Å²) in [7, 11) is 3.33. The highest BCUT2D eigenvalue weighted by Gasteiger charge is 2.17. The number of anilines is 1. The normalized spacial score (nSPS) is 10.7. The molecule has 0 spiro atoms. The second kappa shape index (κ2) is 7.87. The molecule has 2 heterocycles. The summed E-state index contributed by atoms with van der Waals surface area (Å²) in [6.07, 6.45) is 1.64. The Hall–Kier alpha value is -3.48. The number of hydrogen-bond acceptors (Lipinski definition) is 4. The van der Waals surface area contributed by atoms with Gasteiger partial charge in [0, 0.05) is 14.1 Å². The molecular weight excluding hydrogens is 366 g/mol. The Labute approximate surface area is 170 Å². The Morgan fingerprint density at radius 1 is 1.03 bits per heavy atom. The highest BCUT2D eigenvalue weighted by molar-refractivity contribution is 6.05. The average Bonchev–Trinajstić information content (AvgIpc) is 3.03. The lowest BCUT2D eigenvalue weighted by Gasteiger charge is -2.12. The van der Waals surface area contributed by atoms with Crippen LogP contribution in [0.5, 0.6) is 0 Å². The summed E-state index contributed by atoms with van der Waals surface area (Å²) in [5.74, 6) is -0.492. The van der Waals surface area contributed by atoms with Gasteiger partial charge in [0.1, 0.15) is 5.69 Å². The van der Waals surface area contributed by atoms with Crippen LogP contribution in [0.25, 0.3) is 5.69 Å². The summed E-state index contributed by atoms with van der Waals surface area (Å²) in [4.78, 5) is 30.6. The van der Waals surface area contributed by atoms with Crippen LogP contribution in [0.1, 0.15) is 43.4 Å². The zero-order valence-corrected chi connectivity index (χ0v) is 17.6. The number of nitrogens with one attached hydrogen (secondary N) is 1. The van der Waals surface area contributed by atoms with Crippen LogP contribution >= 0.6 is 0 Å². The first-order chi connectivity index (χ1) is 13.7. The molecule has 150 valence electrons. The molecule has 0 radical (unpaired) electrons. The van der Waals surface area contributed by atoms with Gasteiger partial charge >= 0.3 is 0 Å². The molecule has 0 saturated carbocycles. The molecule has 3 aromatic rings. The van der Waals surface area contributed by atoms with Gasteiger partial charge in [-0.15, -0.1) is 0 Å². The maximum absolute atomic E-state index is 12.8. The van der Waals surface area contributed by atoms with E-state index in [0.29, 0.717) is 22.6 Å². The van der Waals surface area contributed by atoms with Gasteiger partial charge in [-0.3, -0.25) is 9.59 Å². The molecule has 3 rings (SSSR count). The van der Waals surface area contributed by atoms with Crippen molar-refractivity contribution in [2.75, 3.05) is 19.4 Å². The molecule has 2 aromatic heterocycles. The van der Waals surface area contributed by atoms with Crippen molar-refractivity contribution in [3.05, 3.63) is 70.3 Å². The van der Waals surface area contributed by atoms with E-state index in [1.807, 2.05) is 25.5 Å². The number of aryl methyl sites for hydroxylation is 3. The number of amides is 2. The van der Waals surface area contributed by atoms with Gasteiger partial charge < -0.3 is 10.2 Å². The van der Waals surface area contributed by atoms with Crippen molar-refractivity contribution < 1.29 is 9.59 Å². The number of carbonyl (C=O) groups excluding carboxylic acids is 2. The molecule has 0 unspecified atom stereocenters. The van der Waals surface area contributed by atoms with E-state index in [4.69, 9.17) is 0 Å². The van der Waals surface area contributed by atoms with Gasteiger partial charge in [0.05, 0.1) is 34.5 Å². The highest BCUT2D eigenvalue weighted by atomic mass is 16.2. The molecule has 0 aliphatic rings. The van der Waals surface area contributed by atoms with E-state index < -0.39 is 0 Å². The summed E-state index contributed by atoms with van der Waals surface area (Å²) in [5, 5.41) is 7.36. The van der Waals surface area contributed by atoms with Gasteiger partial charge in [-0.25, -0.2) is 9.67 Å². The zero-order chi connectivity index (χ0) is 21.3. The fourth-order valence-electron chi connectivity index (χ4n) is 3.06. The van der Waals surface area contributed by atoms with Crippen LogP contribution in [0.15, 0.2) is 36.5 Å². The molecule has 0 fully saturated rings. The topological polar surface area (TPSA) is 80.1 Å². The van der Waals surface area contributed by atoms with Crippen molar-refractivity contribution in [3.63, 3.8) is 0 Å². The number of nitrogens with zero attached hydrogens (tertiary/aromatic N) is 4. The fraction of sp³-hybridized carbons (Fsp3) is 0.273. The lowest BCUT2D eigenvalue weighted by Crippen LogP contribution is -2.24. The molecule has 1 aromatic carbocycles. The molecule has 7 nitrogen and oxygen atoms in total. The maximum Gasteiger partial charge on any atom is 0.271 e. The van der Waals surface area contributed by atoms with Crippen LogP contribution in [0, 0.1) is 27.7 Å². The zero-order valence-electron chi connectivity index (χ0n) is 17.6. The van der Waals surface area contributed by atoms with Crippen molar-refractivity contribution in [2.45, 2.75) is 27.7 Å². The van der Waals surface area contributed by atoms with Crippen LogP contribution in [-0.4, -0.2) is 45.6 Å². The SMILES string of the molecule is Cc1ccc(C)c(-n2ncc(NC(=O)c3ccc(C(=O)N(C)C)nc3C)c2C)c1. The summed E-state index contributed by atoms with van der Waals surface area (Å²) >= 11 is 0. The van der Waals surface area contributed by atoms with Gasteiger partial charge in [-0.05, 0) is 57.0 Å². The first kappa shape index (κ1) is 20.3. The predicted molar refractivity (Wildman–Crippen MR) is 113 cm³/mol. The summed E-state index contributed by atoms with van der Waals surface area (Å²) in [5.41, 5.74) is 5.89. The lowest BCUT2D eigenvalue weighted by molar-refractivity contribution is 0.0821. The third-order valence-corrected chi connectivity index (χ3v) is 4.81. The number of pyridine rings is 1. The number of benzene rings is 1. The minimum absolute atomic E-state index is 0.203. The summed E-state index contributed by atoms with van der Waals surface area (Å²) in [6.45, 7) is 7.69. The third-order valence-electron chi connectivity index (χ3n) is 4.81. The van der Waals surface area contributed by atoms with Gasteiger partial charge in [0.2, 0.25) is 0 Å². The van der Waals surface area contributed by atoms with Gasteiger partial charge in [0.25, 0.3) is 11.8 Å². The van der Waals surface area contributed by atoms with Gasteiger partial charge in [0.15, 0.2) is 0 Å². The van der Waals surface area contributed by atoms with Gasteiger partial charge in [-0.1, -0.05) is 12.1 Å². The smallest absolute Gasteiger partial charge is 0.271 e. The third kappa shape index (κ3) is 4.03. The number of hydrogen-bond donors (Lipinski definition) is 1. The Morgan fingerprint density at radius 2 is 1.76 bits per heavy atom. The maximum atomic E-state index is 12.8. The quantitative estimate of drug-likeness (QED) is 0.739. The van der Waals surface area contributed by atoms with Crippen molar-refractivity contribution in [2.24, 2.45) is 0 Å². The minimum Gasteiger partial charge on any atom is -0.343 e. The van der Waals surface area contributed by atoms with Crippen LogP contribution in [-0.2, 0) is 0 Å². The van der Waals surface area contributed by atoms with Crippen LogP contribution < -0.4 is 5.32 Å². The monoisotopic (exact) mass is 391 g/mol. The van der Waals surface area contributed by atoms with Crippen molar-refractivity contribution in [1.82, 2.24) is 19.7 Å². The molecule has 2 amide bonds. The van der Waals surface area contributed by atoms with E-state index in [1.54, 1.807) is 39.3 Å². The molecule has 0 aliphatic heterocycles. The lowest BCUT2D eigenvalue weighted by atomic mass is 10.1. The summed E-state index contributed by atoms with van der Waals surface area (Å²) < 4.78 is 1.82. The first-order valence-electron chi connectivity index (χ1n) is 9.32. The van der Waals surface area contributed by atoms with Crippen LogP contribution in [0.4, 0.5) is 5.69 Å². The van der Waals surface area contributed by atoms with E-state index >= 15 is 0 Å². The second-order valence-electron chi connectivity index (χ2n) is 7.33. The Balaban J connectivity index is 1.86. The van der Waals surface area contributed by atoms with Crippen molar-refractivity contribution in [1.29, 1.82) is 0 Å². The van der Waals surface area contributed by atoms with Gasteiger partial charge in [-0.2, -0.15) is 5.10 Å². The minimum atomic E-state index is -0.289. The largest absolute Gasteiger partial charge is 0.343 e. The van der Waals surface area contributed by atoms with E-state index in [9.17, 15) is 9.59 Å². The van der Waals surface area contributed by atoms with Crippen LogP contribution in [0.2, 0.25) is 0 Å². The molecule has 0 atom stereocenters. The number of rotatable bonds is 4.